The number of benzene rings is 1. The first-order valence-corrected chi connectivity index (χ1v) is 15.0. The fourth-order valence-corrected chi connectivity index (χ4v) is 6.69. The number of thiazole rings is 1. The van der Waals surface area contributed by atoms with Crippen LogP contribution in [0.4, 0.5) is 0 Å². The molecule has 0 radical (unpaired) electrons. The van der Waals surface area contributed by atoms with E-state index in [2.05, 4.69) is 11.9 Å². The van der Waals surface area contributed by atoms with Crippen molar-refractivity contribution in [2.24, 2.45) is 17.3 Å². The standard InChI is InChI=1S/C30H43NO7S/c1-6-8-19-27(35)17(2)9-7-12-30(5)24(38-30)14-21(37-26(34)15-23(33)29(3,4)28(19)36)18-10-11-22-20(13-18)31-25(16-32)39-22/h10-11,13,17,19,21,23-24,27,32-33,35H,6-9,12,14-16H2,1-5H3/t17-,19?,21-,23-,24-,27?,30+/m0/s1. The number of Topliss-reactive ketones (excluding diaryl/α,β-unsaturated/α-hetero) is 1. The summed E-state index contributed by atoms with van der Waals surface area (Å²) in [6, 6.07) is 5.70. The minimum absolute atomic E-state index is 0.0847. The maximum Gasteiger partial charge on any atom is 0.309 e. The second-order valence-electron chi connectivity index (χ2n) is 12.2. The Balaban J connectivity index is 1.63. The summed E-state index contributed by atoms with van der Waals surface area (Å²) in [5.41, 5.74) is -0.0778. The lowest BCUT2D eigenvalue weighted by molar-refractivity contribution is -0.156. The van der Waals surface area contributed by atoms with E-state index in [0.717, 1.165) is 41.5 Å². The number of nitrogens with zero attached hydrogens (tertiary/aromatic N) is 1. The van der Waals surface area contributed by atoms with Crippen molar-refractivity contribution >= 4 is 33.3 Å². The minimum Gasteiger partial charge on any atom is -0.457 e. The Kier molecular flexibility index (Phi) is 9.18. The van der Waals surface area contributed by atoms with Crippen molar-refractivity contribution in [1.82, 2.24) is 4.98 Å². The van der Waals surface area contributed by atoms with Crippen LogP contribution in [-0.2, 0) is 25.7 Å². The summed E-state index contributed by atoms with van der Waals surface area (Å²) in [6.45, 7) is 9.17. The molecule has 0 saturated carbocycles. The number of epoxide rings is 1. The quantitative estimate of drug-likeness (QED) is 0.356. The van der Waals surface area contributed by atoms with Gasteiger partial charge in [0.05, 0.1) is 52.6 Å². The first-order chi connectivity index (χ1) is 18.4. The summed E-state index contributed by atoms with van der Waals surface area (Å²) < 4.78 is 13.0. The van der Waals surface area contributed by atoms with Gasteiger partial charge in [-0.3, -0.25) is 9.59 Å². The first-order valence-electron chi connectivity index (χ1n) is 14.2. The van der Waals surface area contributed by atoms with Gasteiger partial charge in [-0.25, -0.2) is 4.98 Å². The van der Waals surface area contributed by atoms with Crippen LogP contribution in [0.1, 0.15) is 96.2 Å². The molecule has 3 heterocycles. The fraction of sp³-hybridized carbons (Fsp3) is 0.700. The first kappa shape index (κ1) is 30.1. The van der Waals surface area contributed by atoms with Crippen molar-refractivity contribution in [2.45, 2.75) is 116 Å². The molecule has 7 atom stereocenters. The van der Waals surface area contributed by atoms with E-state index in [1.807, 2.05) is 32.0 Å². The number of aliphatic hydroxyl groups is 3. The Morgan fingerprint density at radius 2 is 1.92 bits per heavy atom. The van der Waals surface area contributed by atoms with E-state index in [-0.39, 0.29) is 36.4 Å². The molecule has 8 nitrogen and oxygen atoms in total. The minimum atomic E-state index is -1.26. The molecule has 39 heavy (non-hydrogen) atoms. The van der Waals surface area contributed by atoms with Gasteiger partial charge in [0.25, 0.3) is 0 Å². The van der Waals surface area contributed by atoms with Gasteiger partial charge in [0.2, 0.25) is 0 Å². The van der Waals surface area contributed by atoms with Crippen LogP contribution in [0.15, 0.2) is 18.2 Å². The number of rotatable bonds is 4. The van der Waals surface area contributed by atoms with E-state index < -0.39 is 35.6 Å². The molecule has 2 saturated heterocycles. The number of esters is 1. The molecule has 1 aromatic heterocycles. The lowest BCUT2D eigenvalue weighted by Crippen LogP contribution is -2.46. The third-order valence-corrected chi connectivity index (χ3v) is 9.81. The fourth-order valence-electron chi connectivity index (χ4n) is 5.89. The normalized spacial score (nSPS) is 34.5. The Morgan fingerprint density at radius 3 is 2.62 bits per heavy atom. The van der Waals surface area contributed by atoms with E-state index in [1.165, 1.54) is 11.3 Å². The zero-order valence-corrected chi connectivity index (χ0v) is 24.5. The van der Waals surface area contributed by atoms with Gasteiger partial charge in [-0.15, -0.1) is 11.3 Å². The van der Waals surface area contributed by atoms with Crippen molar-refractivity contribution in [2.75, 3.05) is 0 Å². The number of carbonyl (C=O) groups excluding carboxylic acids is 2. The third kappa shape index (κ3) is 6.54. The molecule has 2 aliphatic heterocycles. The summed E-state index contributed by atoms with van der Waals surface area (Å²) in [6.07, 6.45) is 0.984. The summed E-state index contributed by atoms with van der Waals surface area (Å²) in [5.74, 6) is -1.52. The van der Waals surface area contributed by atoms with Gasteiger partial charge in [0.1, 0.15) is 16.9 Å². The van der Waals surface area contributed by atoms with Crippen LogP contribution in [-0.4, -0.2) is 56.0 Å². The van der Waals surface area contributed by atoms with Crippen LogP contribution in [0.5, 0.6) is 0 Å². The van der Waals surface area contributed by atoms with Gasteiger partial charge in [0.15, 0.2) is 0 Å². The molecule has 9 heteroatoms. The smallest absolute Gasteiger partial charge is 0.309 e. The Bertz CT molecular complexity index is 1180. The molecule has 0 aliphatic carbocycles. The van der Waals surface area contributed by atoms with Crippen molar-refractivity contribution in [3.05, 3.63) is 28.8 Å². The third-order valence-electron chi connectivity index (χ3n) is 8.79. The van der Waals surface area contributed by atoms with E-state index >= 15 is 0 Å². The van der Waals surface area contributed by atoms with Crippen LogP contribution in [0.25, 0.3) is 10.2 Å². The Labute approximate surface area is 234 Å². The zero-order chi connectivity index (χ0) is 28.5. The van der Waals surface area contributed by atoms with Crippen molar-refractivity contribution in [3.63, 3.8) is 0 Å². The van der Waals surface area contributed by atoms with Gasteiger partial charge in [-0.1, -0.05) is 46.6 Å². The molecule has 2 unspecified atom stereocenters. The maximum atomic E-state index is 13.7. The van der Waals surface area contributed by atoms with E-state index in [4.69, 9.17) is 9.47 Å². The summed E-state index contributed by atoms with van der Waals surface area (Å²) in [5, 5.41) is 32.4. The average molecular weight is 562 g/mol. The summed E-state index contributed by atoms with van der Waals surface area (Å²) in [4.78, 5) is 31.3. The topological polar surface area (TPSA) is 129 Å². The monoisotopic (exact) mass is 561 g/mol. The highest BCUT2D eigenvalue weighted by Crippen LogP contribution is 2.47. The lowest BCUT2D eigenvalue weighted by atomic mass is 9.71. The van der Waals surface area contributed by atoms with Crippen LogP contribution in [0.2, 0.25) is 0 Å². The van der Waals surface area contributed by atoms with Crippen molar-refractivity contribution in [3.8, 4) is 0 Å². The van der Waals surface area contributed by atoms with Gasteiger partial charge in [0, 0.05) is 12.3 Å². The molecule has 2 fully saturated rings. The number of hydrogen-bond donors (Lipinski definition) is 3. The number of fused-ring (bicyclic) bond motifs is 2. The van der Waals surface area contributed by atoms with Crippen LogP contribution >= 0.6 is 11.3 Å². The molecule has 4 rings (SSSR count). The van der Waals surface area contributed by atoms with Crippen LogP contribution in [0.3, 0.4) is 0 Å². The van der Waals surface area contributed by atoms with Gasteiger partial charge < -0.3 is 24.8 Å². The number of ketones is 1. The molecule has 0 spiro atoms. The molecule has 2 aromatic rings. The Morgan fingerprint density at radius 1 is 1.18 bits per heavy atom. The second kappa shape index (κ2) is 11.9. The highest BCUT2D eigenvalue weighted by molar-refractivity contribution is 7.18. The molecule has 216 valence electrons. The number of aromatic nitrogens is 1. The largest absolute Gasteiger partial charge is 0.457 e. The molecule has 1 aromatic carbocycles. The van der Waals surface area contributed by atoms with Crippen molar-refractivity contribution < 1.29 is 34.4 Å². The number of aliphatic hydroxyl groups excluding tert-OH is 3. The molecule has 3 N–H and O–H groups in total. The molecule has 2 aliphatic rings. The molecular weight excluding hydrogens is 518 g/mol. The zero-order valence-electron chi connectivity index (χ0n) is 23.7. The van der Waals surface area contributed by atoms with Crippen molar-refractivity contribution in [1.29, 1.82) is 0 Å². The predicted molar refractivity (Wildman–Crippen MR) is 149 cm³/mol. The predicted octanol–water partition coefficient (Wildman–Crippen LogP) is 4.86. The number of carbonyl (C=O) groups is 2. The van der Waals surface area contributed by atoms with E-state index in [0.29, 0.717) is 17.8 Å². The number of cyclic esters (lactones) is 1. The summed E-state index contributed by atoms with van der Waals surface area (Å²) >= 11 is 1.42. The maximum absolute atomic E-state index is 13.7. The molecule has 0 bridgehead atoms. The molecule has 0 amide bonds. The van der Waals surface area contributed by atoms with E-state index in [9.17, 15) is 24.9 Å². The van der Waals surface area contributed by atoms with Gasteiger partial charge in [-0.2, -0.15) is 0 Å². The Hall–Kier alpha value is -1.91. The van der Waals surface area contributed by atoms with E-state index in [1.54, 1.807) is 13.8 Å². The highest BCUT2D eigenvalue weighted by atomic mass is 32.1. The van der Waals surface area contributed by atoms with Crippen LogP contribution in [0, 0.1) is 17.3 Å². The molecular formula is C30H43NO7S. The number of hydrogen-bond acceptors (Lipinski definition) is 9. The van der Waals surface area contributed by atoms with Gasteiger partial charge >= 0.3 is 5.97 Å². The van der Waals surface area contributed by atoms with Gasteiger partial charge in [-0.05, 0) is 49.8 Å². The second-order valence-corrected chi connectivity index (χ2v) is 13.3. The summed E-state index contributed by atoms with van der Waals surface area (Å²) in [7, 11) is 0. The average Bonchev–Trinajstić information content (AvgIpc) is 3.33. The van der Waals surface area contributed by atoms with Crippen LogP contribution < -0.4 is 0 Å². The SMILES string of the molecule is CCCC1C(=O)C(C)(C)[C@@H](O)CC(=O)O[C@H](c2ccc3sc(CO)nc3c2)C[C@@H]2O[C@]2(C)CCC[C@H](C)C1O. The highest BCUT2D eigenvalue weighted by Gasteiger charge is 2.53. The number of ether oxygens (including phenoxy) is 2. The lowest BCUT2D eigenvalue weighted by Gasteiger charge is -2.36.